The van der Waals surface area contributed by atoms with Crippen molar-refractivity contribution in [2.45, 2.75) is 33.3 Å². The Morgan fingerprint density at radius 2 is 2.13 bits per heavy atom. The van der Waals surface area contributed by atoms with Gasteiger partial charge in [0.2, 0.25) is 0 Å². The van der Waals surface area contributed by atoms with E-state index < -0.39 is 6.10 Å². The minimum Gasteiger partial charge on any atom is -0.482 e. The van der Waals surface area contributed by atoms with Crippen molar-refractivity contribution >= 4 is 11.5 Å². The highest BCUT2D eigenvalue weighted by Crippen LogP contribution is 2.37. The average molecular weight is 421 g/mol. The number of hydrogen-bond acceptors (Lipinski definition) is 7. The van der Waals surface area contributed by atoms with Gasteiger partial charge >= 0.3 is 0 Å². The van der Waals surface area contributed by atoms with E-state index in [1.165, 1.54) is 18.3 Å². The van der Waals surface area contributed by atoms with Crippen LogP contribution in [0.5, 0.6) is 5.75 Å². The van der Waals surface area contributed by atoms with E-state index in [4.69, 9.17) is 20.6 Å². The van der Waals surface area contributed by atoms with Crippen molar-refractivity contribution < 1.29 is 13.5 Å². The smallest absolute Gasteiger partial charge is 0.192 e. The van der Waals surface area contributed by atoms with Crippen LogP contribution in [-0.2, 0) is 6.42 Å². The first kappa shape index (κ1) is 20.6. The number of rotatable bonds is 1. The molecule has 1 aliphatic heterocycles. The Bertz CT molecular complexity index is 1200. The molecule has 2 bridgehead atoms. The lowest BCUT2D eigenvalue weighted by Gasteiger charge is -2.21. The Labute approximate surface area is 179 Å². The van der Waals surface area contributed by atoms with Crippen LogP contribution in [0.4, 0.5) is 10.2 Å². The van der Waals surface area contributed by atoms with Crippen molar-refractivity contribution in [1.82, 2.24) is 9.97 Å². The first-order valence-electron chi connectivity index (χ1n) is 10.1. The predicted octanol–water partition coefficient (Wildman–Crippen LogP) is 4.11. The molecular weight excluding hydrogens is 397 g/mol. The largest absolute Gasteiger partial charge is 0.482 e. The number of halogens is 1. The number of anilines is 1. The van der Waals surface area contributed by atoms with E-state index in [0.29, 0.717) is 52.9 Å². The van der Waals surface area contributed by atoms with Gasteiger partial charge in [-0.2, -0.15) is 0 Å². The third kappa shape index (κ3) is 3.88. The van der Waals surface area contributed by atoms with Crippen LogP contribution in [-0.4, -0.2) is 22.2 Å². The number of aliphatic imine (C=N–C) groups is 1. The van der Waals surface area contributed by atoms with Gasteiger partial charge in [0.15, 0.2) is 23.2 Å². The highest BCUT2D eigenvalue weighted by molar-refractivity contribution is 6.13. The fourth-order valence-corrected chi connectivity index (χ4v) is 3.75. The van der Waals surface area contributed by atoms with Gasteiger partial charge in [0.1, 0.15) is 11.9 Å². The van der Waals surface area contributed by atoms with E-state index >= 15 is 0 Å². The summed E-state index contributed by atoms with van der Waals surface area (Å²) >= 11 is 0. The van der Waals surface area contributed by atoms with Crippen LogP contribution in [0.2, 0.25) is 0 Å². The Hall–Kier alpha value is -3.68. The number of aromatic nitrogens is 2. The molecule has 1 unspecified atom stereocenters. The van der Waals surface area contributed by atoms with E-state index in [2.05, 4.69) is 15.0 Å². The molecule has 1 aliphatic rings. The van der Waals surface area contributed by atoms with Crippen LogP contribution < -0.4 is 16.2 Å². The maximum Gasteiger partial charge on any atom is 0.192 e. The lowest BCUT2D eigenvalue weighted by molar-refractivity contribution is 0.227. The van der Waals surface area contributed by atoms with Crippen LogP contribution in [0.1, 0.15) is 42.7 Å². The minimum atomic E-state index is -0.529. The van der Waals surface area contributed by atoms with Gasteiger partial charge in [-0.3, -0.25) is 4.99 Å². The second-order valence-corrected chi connectivity index (χ2v) is 7.30. The second kappa shape index (κ2) is 8.22. The molecule has 0 saturated heterocycles. The maximum atomic E-state index is 14.2. The molecule has 3 heterocycles. The summed E-state index contributed by atoms with van der Waals surface area (Å²) in [5, 5.41) is 0. The monoisotopic (exact) mass is 421 g/mol. The number of nitrogens with two attached hydrogens (primary N) is 2. The van der Waals surface area contributed by atoms with E-state index in [9.17, 15) is 4.39 Å². The van der Waals surface area contributed by atoms with Crippen LogP contribution in [0.3, 0.4) is 0 Å². The van der Waals surface area contributed by atoms with Gasteiger partial charge in [0.25, 0.3) is 0 Å². The van der Waals surface area contributed by atoms with Gasteiger partial charge in [0, 0.05) is 42.8 Å². The number of nitrogens with zero attached hydrogens (tertiary/aromatic N) is 3. The van der Waals surface area contributed by atoms with Gasteiger partial charge in [-0.15, -0.1) is 0 Å². The topological polar surface area (TPSA) is 113 Å². The molecule has 3 aromatic rings. The zero-order chi connectivity index (χ0) is 22.1. The van der Waals surface area contributed by atoms with Gasteiger partial charge in [-0.25, -0.2) is 14.4 Å². The lowest BCUT2D eigenvalue weighted by Crippen LogP contribution is -2.15. The normalized spacial score (nSPS) is 18.6. The number of hydrogen-bond donors (Lipinski definition) is 2. The van der Waals surface area contributed by atoms with Crippen LogP contribution in [0.25, 0.3) is 11.3 Å². The first-order chi connectivity index (χ1) is 14.9. The Morgan fingerprint density at radius 3 is 2.87 bits per heavy atom. The van der Waals surface area contributed by atoms with Crippen molar-refractivity contribution in [3.8, 4) is 17.1 Å². The van der Waals surface area contributed by atoms with Crippen LogP contribution in [0, 0.1) is 12.7 Å². The highest BCUT2D eigenvalue weighted by atomic mass is 19.1. The van der Waals surface area contributed by atoms with Gasteiger partial charge in [0.05, 0.1) is 11.4 Å². The molecule has 31 heavy (non-hydrogen) atoms. The van der Waals surface area contributed by atoms with Gasteiger partial charge in [-0.05, 0) is 49.9 Å². The molecule has 0 saturated carbocycles. The Kier molecular flexibility index (Phi) is 5.46. The van der Waals surface area contributed by atoms with Gasteiger partial charge in [-0.1, -0.05) is 0 Å². The Balaban J connectivity index is 2.00. The molecule has 4 N–H and O–H groups in total. The number of benzene rings is 1. The molecule has 0 fully saturated rings. The summed E-state index contributed by atoms with van der Waals surface area (Å²) in [4.78, 5) is 13.5. The number of ether oxygens (including phenoxy) is 1. The fraction of sp³-hybridized carbons (Fsp3) is 0.261. The third-order valence-corrected chi connectivity index (χ3v) is 5.14. The van der Waals surface area contributed by atoms with E-state index in [1.807, 2.05) is 13.8 Å². The second-order valence-electron chi connectivity index (χ2n) is 7.30. The molecule has 4 rings (SSSR count). The number of pyridine rings is 1. The number of aryl methyl sites for hydroxylation is 1. The summed E-state index contributed by atoms with van der Waals surface area (Å²) in [6.07, 6.45) is 3.00. The first-order valence-corrected chi connectivity index (χ1v) is 10.1. The van der Waals surface area contributed by atoms with E-state index in [-0.39, 0.29) is 11.6 Å². The van der Waals surface area contributed by atoms with Crippen LogP contribution >= 0.6 is 0 Å². The zero-order valence-electron chi connectivity index (χ0n) is 17.6. The SMILES string of the molecule is CCN=C1C(=CN)Cc2nc(C)oc2-c2ccc(F)cc2C(C)Oc2cc1cnc2N. The molecule has 7 nitrogen and oxygen atoms in total. The van der Waals surface area contributed by atoms with Crippen molar-refractivity contribution in [3.63, 3.8) is 0 Å². The molecule has 2 aromatic heterocycles. The standard InChI is InChI=1S/C23H24FN5O2/c1-4-27-21-14(10-25)7-19-22(31-13(3)29-19)17-6-5-16(24)9-18(17)12(2)30-20-8-15(21)11-28-23(20)26/h5-6,8-12H,4,7,25H2,1-3H3,(H2,26,28). The van der Waals surface area contributed by atoms with E-state index in [1.54, 1.807) is 25.3 Å². The molecule has 1 atom stereocenters. The lowest BCUT2D eigenvalue weighted by atomic mass is 9.95. The molecule has 160 valence electrons. The van der Waals surface area contributed by atoms with Crippen molar-refractivity contribution in [3.05, 3.63) is 70.8 Å². The van der Waals surface area contributed by atoms with Crippen molar-refractivity contribution in [2.24, 2.45) is 10.7 Å². The summed E-state index contributed by atoms with van der Waals surface area (Å²) in [5.74, 6) is 1.29. The van der Waals surface area contributed by atoms with E-state index in [0.717, 1.165) is 11.1 Å². The minimum absolute atomic E-state index is 0.232. The quantitative estimate of drug-likeness (QED) is 0.611. The molecule has 0 spiro atoms. The fourth-order valence-electron chi connectivity index (χ4n) is 3.75. The molecule has 0 radical (unpaired) electrons. The molecule has 0 aliphatic carbocycles. The number of oxazole rings is 1. The third-order valence-electron chi connectivity index (χ3n) is 5.14. The zero-order valence-corrected chi connectivity index (χ0v) is 17.6. The summed E-state index contributed by atoms with van der Waals surface area (Å²) < 4.78 is 26.3. The average Bonchev–Trinajstić information content (AvgIpc) is 3.11. The highest BCUT2D eigenvalue weighted by Gasteiger charge is 2.25. The number of allylic oxidation sites excluding steroid dienone is 1. The maximum absolute atomic E-state index is 14.2. The van der Waals surface area contributed by atoms with Crippen LogP contribution in [0.15, 0.2) is 51.6 Å². The Morgan fingerprint density at radius 1 is 1.32 bits per heavy atom. The summed E-state index contributed by atoms with van der Waals surface area (Å²) in [5.41, 5.74) is 16.2. The summed E-state index contributed by atoms with van der Waals surface area (Å²) in [6, 6.07) is 6.28. The molecule has 1 aromatic carbocycles. The predicted molar refractivity (Wildman–Crippen MR) is 117 cm³/mol. The molecule has 8 heteroatoms. The summed E-state index contributed by atoms with van der Waals surface area (Å²) in [6.45, 7) is 6.09. The summed E-state index contributed by atoms with van der Waals surface area (Å²) in [7, 11) is 0. The van der Waals surface area contributed by atoms with Crippen molar-refractivity contribution in [2.75, 3.05) is 12.3 Å². The number of fused-ring (bicyclic) bond motifs is 5. The molecular formula is C23H24FN5O2. The number of nitrogen functional groups attached to an aromatic ring is 1. The molecule has 0 amide bonds. The van der Waals surface area contributed by atoms with Gasteiger partial charge < -0.3 is 20.6 Å². The van der Waals surface area contributed by atoms with Crippen molar-refractivity contribution in [1.29, 1.82) is 0 Å².